The van der Waals surface area contributed by atoms with Gasteiger partial charge in [0.15, 0.2) is 0 Å². The average molecular weight is 342 g/mol. The molecule has 90 valence electrons. The summed E-state index contributed by atoms with van der Waals surface area (Å²) in [4.78, 5) is 11.9. The van der Waals surface area contributed by atoms with Crippen molar-refractivity contribution in [2.75, 3.05) is 5.32 Å². The van der Waals surface area contributed by atoms with E-state index in [0.717, 1.165) is 21.2 Å². The summed E-state index contributed by atoms with van der Waals surface area (Å²) in [5, 5.41) is 11.7. The lowest BCUT2D eigenvalue weighted by Gasteiger charge is -2.11. The van der Waals surface area contributed by atoms with Crippen molar-refractivity contribution >= 4 is 34.2 Å². The first kappa shape index (κ1) is 14.0. The Kier molecular flexibility index (Phi) is 5.42. The Hall–Kier alpha value is -1.09. The largest absolute Gasteiger partial charge is 0.325 e. The summed E-state index contributed by atoms with van der Waals surface area (Å²) < 4.78 is 1.06. The van der Waals surface area contributed by atoms with Crippen LogP contribution in [0.4, 0.5) is 5.69 Å². The van der Waals surface area contributed by atoms with Gasteiger partial charge in [-0.05, 0) is 53.6 Å². The number of nitrogens with one attached hydrogen (secondary N) is 1. The van der Waals surface area contributed by atoms with E-state index in [1.165, 1.54) is 0 Å². The lowest BCUT2D eigenvalue weighted by molar-refractivity contribution is -0.118. The van der Waals surface area contributed by atoms with E-state index in [1.807, 2.05) is 38.1 Å². The molecule has 0 saturated carbocycles. The van der Waals surface area contributed by atoms with Gasteiger partial charge in [0.25, 0.3) is 0 Å². The predicted molar refractivity (Wildman–Crippen MR) is 76.5 cm³/mol. The second kappa shape index (κ2) is 6.60. The summed E-state index contributed by atoms with van der Waals surface area (Å²) in [6.07, 6.45) is 1.43. The van der Waals surface area contributed by atoms with Gasteiger partial charge in [-0.15, -0.1) is 0 Å². The van der Waals surface area contributed by atoms with Gasteiger partial charge in [0.2, 0.25) is 5.91 Å². The van der Waals surface area contributed by atoms with E-state index >= 15 is 0 Å². The summed E-state index contributed by atoms with van der Waals surface area (Å²) in [6.45, 7) is 3.90. The normalized spacial score (nSPS) is 11.6. The standard InChI is InChI=1S/C13H15IN2O/c1-3-4-10(8-15)13(17)16-12-7-11(14)6-5-9(12)2/h5-7,10H,3-4H2,1-2H3,(H,16,17). The van der Waals surface area contributed by atoms with Gasteiger partial charge in [-0.2, -0.15) is 5.26 Å². The van der Waals surface area contributed by atoms with Crippen molar-refractivity contribution in [2.24, 2.45) is 5.92 Å². The van der Waals surface area contributed by atoms with Crippen LogP contribution in [-0.4, -0.2) is 5.91 Å². The maximum absolute atomic E-state index is 11.9. The van der Waals surface area contributed by atoms with Crippen molar-refractivity contribution in [3.8, 4) is 6.07 Å². The number of carbonyl (C=O) groups is 1. The van der Waals surface area contributed by atoms with Crippen LogP contribution < -0.4 is 5.32 Å². The van der Waals surface area contributed by atoms with Gasteiger partial charge in [-0.1, -0.05) is 19.4 Å². The third kappa shape index (κ3) is 4.00. The molecule has 1 rings (SSSR count). The molecule has 0 aliphatic carbocycles. The molecule has 1 amide bonds. The van der Waals surface area contributed by atoms with Gasteiger partial charge in [0, 0.05) is 9.26 Å². The molecule has 0 aliphatic heterocycles. The molecule has 1 aromatic carbocycles. The molecule has 0 saturated heterocycles. The molecular formula is C13H15IN2O. The second-order valence-electron chi connectivity index (χ2n) is 3.92. The molecule has 1 N–H and O–H groups in total. The molecule has 0 bridgehead atoms. The molecule has 0 spiro atoms. The van der Waals surface area contributed by atoms with Crippen molar-refractivity contribution in [2.45, 2.75) is 26.7 Å². The highest BCUT2D eigenvalue weighted by atomic mass is 127. The Morgan fingerprint density at radius 3 is 2.88 bits per heavy atom. The van der Waals surface area contributed by atoms with E-state index in [-0.39, 0.29) is 5.91 Å². The van der Waals surface area contributed by atoms with Crippen LogP contribution in [0.1, 0.15) is 25.3 Å². The summed E-state index contributed by atoms with van der Waals surface area (Å²) in [5.41, 5.74) is 1.80. The molecule has 0 fully saturated rings. The first-order valence-electron chi connectivity index (χ1n) is 5.55. The van der Waals surface area contributed by atoms with E-state index < -0.39 is 5.92 Å². The van der Waals surface area contributed by atoms with Crippen LogP contribution in [0, 0.1) is 27.7 Å². The van der Waals surface area contributed by atoms with E-state index in [9.17, 15) is 4.79 Å². The summed E-state index contributed by atoms with van der Waals surface area (Å²) in [5.74, 6) is -0.767. The van der Waals surface area contributed by atoms with Gasteiger partial charge >= 0.3 is 0 Å². The molecule has 0 aromatic heterocycles. The first-order chi connectivity index (χ1) is 8.08. The number of hydrogen-bond acceptors (Lipinski definition) is 2. The van der Waals surface area contributed by atoms with Crippen molar-refractivity contribution in [3.63, 3.8) is 0 Å². The molecule has 0 aliphatic rings. The minimum Gasteiger partial charge on any atom is -0.325 e. The Bertz CT molecular complexity index is 451. The number of nitriles is 1. The second-order valence-corrected chi connectivity index (χ2v) is 5.16. The minimum absolute atomic E-state index is 0.209. The Labute approximate surface area is 115 Å². The van der Waals surface area contributed by atoms with Crippen LogP contribution in [0.5, 0.6) is 0 Å². The zero-order chi connectivity index (χ0) is 12.8. The first-order valence-corrected chi connectivity index (χ1v) is 6.63. The van der Waals surface area contributed by atoms with Crippen LogP contribution in [0.25, 0.3) is 0 Å². The quantitative estimate of drug-likeness (QED) is 0.852. The number of benzene rings is 1. The fourth-order valence-electron chi connectivity index (χ4n) is 1.49. The van der Waals surface area contributed by atoms with Crippen LogP contribution in [-0.2, 0) is 4.79 Å². The Balaban J connectivity index is 2.80. The van der Waals surface area contributed by atoms with Gasteiger partial charge in [-0.25, -0.2) is 0 Å². The highest BCUT2D eigenvalue weighted by Crippen LogP contribution is 2.19. The maximum atomic E-state index is 11.9. The van der Waals surface area contributed by atoms with E-state index in [2.05, 4.69) is 27.9 Å². The highest BCUT2D eigenvalue weighted by molar-refractivity contribution is 14.1. The number of amides is 1. The lowest BCUT2D eigenvalue weighted by atomic mass is 10.0. The fourth-order valence-corrected chi connectivity index (χ4v) is 1.98. The monoisotopic (exact) mass is 342 g/mol. The van der Waals surface area contributed by atoms with Crippen molar-refractivity contribution in [1.82, 2.24) is 0 Å². The molecular weight excluding hydrogens is 327 g/mol. The molecule has 1 unspecified atom stereocenters. The summed E-state index contributed by atoms with van der Waals surface area (Å²) in [7, 11) is 0. The molecule has 1 atom stereocenters. The maximum Gasteiger partial charge on any atom is 0.241 e. The van der Waals surface area contributed by atoms with Crippen molar-refractivity contribution < 1.29 is 4.79 Å². The predicted octanol–water partition coefficient (Wildman–Crippen LogP) is 3.48. The van der Waals surface area contributed by atoms with E-state index in [1.54, 1.807) is 0 Å². The molecule has 0 radical (unpaired) electrons. The number of rotatable bonds is 4. The smallest absolute Gasteiger partial charge is 0.241 e. The number of aryl methyl sites for hydroxylation is 1. The van der Waals surface area contributed by atoms with Gasteiger partial charge in [0.05, 0.1) is 6.07 Å². The number of nitrogens with zero attached hydrogens (tertiary/aromatic N) is 1. The Morgan fingerprint density at radius 2 is 2.29 bits per heavy atom. The number of anilines is 1. The zero-order valence-corrected chi connectivity index (χ0v) is 12.1. The fraction of sp³-hybridized carbons (Fsp3) is 0.385. The molecule has 1 aromatic rings. The summed E-state index contributed by atoms with van der Waals surface area (Å²) in [6, 6.07) is 7.90. The van der Waals surface area contributed by atoms with Crippen LogP contribution >= 0.6 is 22.6 Å². The number of carbonyl (C=O) groups excluding carboxylic acids is 1. The van der Waals surface area contributed by atoms with Crippen LogP contribution in [0.15, 0.2) is 18.2 Å². The summed E-state index contributed by atoms with van der Waals surface area (Å²) >= 11 is 2.20. The molecule has 0 heterocycles. The SMILES string of the molecule is CCCC(C#N)C(=O)Nc1cc(I)ccc1C. The average Bonchev–Trinajstić information content (AvgIpc) is 2.30. The third-order valence-corrected chi connectivity index (χ3v) is 3.18. The van der Waals surface area contributed by atoms with Gasteiger partial charge in [0.1, 0.15) is 5.92 Å². The molecule has 17 heavy (non-hydrogen) atoms. The molecule has 3 nitrogen and oxygen atoms in total. The zero-order valence-electron chi connectivity index (χ0n) is 9.96. The van der Waals surface area contributed by atoms with Crippen LogP contribution in [0.3, 0.4) is 0 Å². The van der Waals surface area contributed by atoms with E-state index in [0.29, 0.717) is 6.42 Å². The third-order valence-electron chi connectivity index (χ3n) is 2.51. The molecule has 4 heteroatoms. The van der Waals surface area contributed by atoms with Crippen molar-refractivity contribution in [1.29, 1.82) is 5.26 Å². The Morgan fingerprint density at radius 1 is 1.59 bits per heavy atom. The van der Waals surface area contributed by atoms with Gasteiger partial charge < -0.3 is 5.32 Å². The van der Waals surface area contributed by atoms with Crippen LogP contribution in [0.2, 0.25) is 0 Å². The topological polar surface area (TPSA) is 52.9 Å². The van der Waals surface area contributed by atoms with Gasteiger partial charge in [-0.3, -0.25) is 4.79 Å². The number of hydrogen-bond donors (Lipinski definition) is 1. The lowest BCUT2D eigenvalue weighted by Crippen LogP contribution is -2.21. The van der Waals surface area contributed by atoms with E-state index in [4.69, 9.17) is 5.26 Å². The number of halogens is 1. The highest BCUT2D eigenvalue weighted by Gasteiger charge is 2.17. The van der Waals surface area contributed by atoms with Crippen molar-refractivity contribution in [3.05, 3.63) is 27.3 Å². The minimum atomic E-state index is -0.558.